The number of fused-ring (bicyclic) bond motifs is 1. The van der Waals surface area contributed by atoms with Crippen molar-refractivity contribution in [3.05, 3.63) is 79.6 Å². The molecule has 2 aromatic carbocycles. The van der Waals surface area contributed by atoms with Crippen molar-refractivity contribution >= 4 is 40.0 Å². The van der Waals surface area contributed by atoms with Crippen LogP contribution in [0.15, 0.2) is 79.6 Å². The van der Waals surface area contributed by atoms with E-state index in [0.717, 1.165) is 55.1 Å². The second kappa shape index (κ2) is 10.6. The minimum Gasteiger partial charge on any atom is -0.395 e. The molecular weight excluding hydrogens is 454 g/mol. The van der Waals surface area contributed by atoms with Gasteiger partial charge in [0.05, 0.1) is 6.61 Å². The molecule has 1 saturated heterocycles. The number of benzene rings is 2. The smallest absolute Gasteiger partial charge is 0.247 e. The molecule has 5 rings (SSSR count). The van der Waals surface area contributed by atoms with Crippen LogP contribution in [0, 0.1) is 0 Å². The van der Waals surface area contributed by atoms with Gasteiger partial charge in [0.15, 0.2) is 0 Å². The lowest BCUT2D eigenvalue weighted by molar-refractivity contribution is -0.111. The third kappa shape index (κ3) is 5.22. The van der Waals surface area contributed by atoms with E-state index in [-0.39, 0.29) is 12.5 Å². The highest BCUT2D eigenvalue weighted by Crippen LogP contribution is 2.24. The third-order valence-corrected chi connectivity index (χ3v) is 6.28. The van der Waals surface area contributed by atoms with Crippen molar-refractivity contribution in [1.29, 1.82) is 0 Å². The molecule has 3 N–H and O–H groups in total. The molecule has 1 fully saturated rings. The molecular formula is C27H29N7O2. The first-order chi connectivity index (χ1) is 17.6. The summed E-state index contributed by atoms with van der Waals surface area (Å²) in [6.07, 6.45) is 4.98. The minimum atomic E-state index is -0.256. The first-order valence-electron chi connectivity index (χ1n) is 12.0. The molecule has 2 aromatic heterocycles. The molecule has 0 aliphatic carbocycles. The van der Waals surface area contributed by atoms with Crippen molar-refractivity contribution in [2.45, 2.75) is 0 Å². The summed E-state index contributed by atoms with van der Waals surface area (Å²) in [4.78, 5) is 25.5. The van der Waals surface area contributed by atoms with Gasteiger partial charge in [0, 0.05) is 73.3 Å². The Labute approximate surface area is 209 Å². The zero-order chi connectivity index (χ0) is 24.9. The average Bonchev–Trinajstić information content (AvgIpc) is 3.33. The van der Waals surface area contributed by atoms with Gasteiger partial charge in [0.25, 0.3) is 0 Å². The minimum absolute atomic E-state index is 0.208. The van der Waals surface area contributed by atoms with E-state index in [4.69, 9.17) is 10.1 Å². The van der Waals surface area contributed by atoms with Gasteiger partial charge in [-0.05, 0) is 54.6 Å². The first-order valence-corrected chi connectivity index (χ1v) is 12.0. The van der Waals surface area contributed by atoms with Crippen LogP contribution in [0.1, 0.15) is 0 Å². The molecule has 36 heavy (non-hydrogen) atoms. The van der Waals surface area contributed by atoms with Crippen LogP contribution in [0.25, 0.3) is 16.7 Å². The van der Waals surface area contributed by atoms with Gasteiger partial charge < -0.3 is 25.2 Å². The van der Waals surface area contributed by atoms with E-state index in [1.54, 1.807) is 6.20 Å². The topological polar surface area (TPSA) is 98.6 Å². The molecule has 9 heteroatoms. The number of piperazine rings is 1. The summed E-state index contributed by atoms with van der Waals surface area (Å²) in [5, 5.41) is 16.1. The van der Waals surface area contributed by atoms with Gasteiger partial charge in [-0.25, -0.2) is 4.98 Å². The molecule has 0 radical (unpaired) electrons. The van der Waals surface area contributed by atoms with Crippen LogP contribution in [0.2, 0.25) is 0 Å². The summed E-state index contributed by atoms with van der Waals surface area (Å²) < 4.78 is 1.96. The third-order valence-electron chi connectivity index (χ3n) is 6.28. The summed E-state index contributed by atoms with van der Waals surface area (Å²) >= 11 is 0. The molecule has 0 atom stereocenters. The van der Waals surface area contributed by atoms with E-state index in [0.29, 0.717) is 11.6 Å². The Balaban J connectivity index is 1.31. The second-order valence-electron chi connectivity index (χ2n) is 8.63. The predicted molar refractivity (Wildman–Crippen MR) is 143 cm³/mol. The largest absolute Gasteiger partial charge is 0.395 e. The van der Waals surface area contributed by atoms with E-state index in [1.165, 1.54) is 11.8 Å². The highest BCUT2D eigenvalue weighted by molar-refractivity contribution is 5.99. The quantitative estimate of drug-likeness (QED) is 0.331. The number of hydrogen-bond acceptors (Lipinski definition) is 7. The van der Waals surface area contributed by atoms with Crippen molar-refractivity contribution in [3.63, 3.8) is 0 Å². The summed E-state index contributed by atoms with van der Waals surface area (Å²) in [6, 6.07) is 17.8. The number of aromatic nitrogens is 3. The SMILES string of the molecule is C=CC(=O)Nc1cccc(-n2ccc3cnc(Nc4ccc(N5CCN(CCO)CC5)cc4)nc32)c1. The van der Waals surface area contributed by atoms with E-state index in [2.05, 4.69) is 44.1 Å². The molecule has 0 saturated carbocycles. The average molecular weight is 484 g/mol. The van der Waals surface area contributed by atoms with Crippen LogP contribution >= 0.6 is 0 Å². The molecule has 1 amide bonds. The molecule has 1 aliphatic heterocycles. The lowest BCUT2D eigenvalue weighted by atomic mass is 10.2. The number of anilines is 4. The monoisotopic (exact) mass is 483 g/mol. The van der Waals surface area contributed by atoms with Crippen molar-refractivity contribution in [2.24, 2.45) is 0 Å². The van der Waals surface area contributed by atoms with Gasteiger partial charge in [-0.1, -0.05) is 12.6 Å². The summed E-state index contributed by atoms with van der Waals surface area (Å²) in [5.74, 6) is 0.247. The molecule has 3 heterocycles. The number of hydrogen-bond donors (Lipinski definition) is 3. The highest BCUT2D eigenvalue weighted by atomic mass is 16.3. The fourth-order valence-corrected chi connectivity index (χ4v) is 4.37. The molecule has 184 valence electrons. The Hall–Kier alpha value is -4.21. The van der Waals surface area contributed by atoms with Crippen molar-refractivity contribution in [3.8, 4) is 5.69 Å². The Morgan fingerprint density at radius 2 is 1.83 bits per heavy atom. The predicted octanol–water partition coefficient (Wildman–Crippen LogP) is 3.40. The van der Waals surface area contributed by atoms with Crippen LogP contribution in [-0.2, 0) is 4.79 Å². The van der Waals surface area contributed by atoms with Gasteiger partial charge in [-0.3, -0.25) is 9.69 Å². The van der Waals surface area contributed by atoms with Crippen LogP contribution in [-0.4, -0.2) is 69.8 Å². The first kappa shape index (κ1) is 23.5. The fourth-order valence-electron chi connectivity index (χ4n) is 4.37. The van der Waals surface area contributed by atoms with E-state index in [9.17, 15) is 4.79 Å². The Morgan fingerprint density at radius 3 is 2.58 bits per heavy atom. The maximum absolute atomic E-state index is 11.7. The number of nitrogens with zero attached hydrogens (tertiary/aromatic N) is 5. The Morgan fingerprint density at radius 1 is 1.03 bits per heavy atom. The van der Waals surface area contributed by atoms with Crippen LogP contribution in [0.4, 0.5) is 23.0 Å². The zero-order valence-electron chi connectivity index (χ0n) is 20.0. The number of carbonyl (C=O) groups is 1. The lowest BCUT2D eigenvalue weighted by Crippen LogP contribution is -2.47. The molecule has 0 spiro atoms. The molecule has 1 aliphatic rings. The number of aliphatic hydroxyl groups excluding tert-OH is 1. The Kier molecular flexibility index (Phi) is 6.92. The van der Waals surface area contributed by atoms with E-state index >= 15 is 0 Å². The summed E-state index contributed by atoms with van der Waals surface area (Å²) in [6.45, 7) is 8.25. The van der Waals surface area contributed by atoms with Gasteiger partial charge in [-0.15, -0.1) is 0 Å². The van der Waals surface area contributed by atoms with Gasteiger partial charge in [0.1, 0.15) is 5.65 Å². The number of aliphatic hydroxyl groups is 1. The van der Waals surface area contributed by atoms with E-state index < -0.39 is 0 Å². The van der Waals surface area contributed by atoms with Gasteiger partial charge in [-0.2, -0.15) is 4.98 Å². The normalized spacial score (nSPS) is 14.1. The fraction of sp³-hybridized carbons (Fsp3) is 0.222. The summed E-state index contributed by atoms with van der Waals surface area (Å²) in [5.41, 5.74) is 4.40. The number of carbonyl (C=O) groups excluding carboxylic acids is 1. The highest BCUT2D eigenvalue weighted by Gasteiger charge is 2.16. The standard InChI is InChI=1S/C27H29N7O2/c1-2-25(36)29-22-4-3-5-24(18-22)34-11-10-20-19-28-27(31-26(20)34)30-21-6-8-23(9-7-21)33-14-12-32(13-15-33)16-17-35/h2-11,18-19,35H,1,12-17H2,(H,29,36)(H,28,30,31). The van der Waals surface area contributed by atoms with Crippen LogP contribution in [0.3, 0.4) is 0 Å². The Bertz CT molecular complexity index is 1360. The van der Waals surface area contributed by atoms with Crippen LogP contribution in [0.5, 0.6) is 0 Å². The van der Waals surface area contributed by atoms with Crippen molar-refractivity contribution in [1.82, 2.24) is 19.4 Å². The maximum atomic E-state index is 11.7. The molecule has 4 aromatic rings. The maximum Gasteiger partial charge on any atom is 0.247 e. The van der Waals surface area contributed by atoms with Crippen LogP contribution < -0.4 is 15.5 Å². The van der Waals surface area contributed by atoms with Crippen molar-refractivity contribution < 1.29 is 9.90 Å². The molecule has 9 nitrogen and oxygen atoms in total. The van der Waals surface area contributed by atoms with Crippen molar-refractivity contribution in [2.75, 3.05) is 54.9 Å². The number of rotatable bonds is 8. The second-order valence-corrected chi connectivity index (χ2v) is 8.63. The lowest BCUT2D eigenvalue weighted by Gasteiger charge is -2.35. The summed E-state index contributed by atoms with van der Waals surface area (Å²) in [7, 11) is 0. The molecule has 0 bridgehead atoms. The van der Waals surface area contributed by atoms with Gasteiger partial charge >= 0.3 is 0 Å². The number of nitrogens with one attached hydrogen (secondary N) is 2. The number of amides is 1. The van der Waals surface area contributed by atoms with E-state index in [1.807, 2.05) is 53.2 Å². The van der Waals surface area contributed by atoms with Gasteiger partial charge in [0.2, 0.25) is 11.9 Å². The molecule has 0 unspecified atom stereocenters. The number of β-amino-alcohol motifs (C(OH)–C–C–N with tert-alkyl or cyclic N) is 1. The zero-order valence-corrected chi connectivity index (χ0v) is 20.0.